The number of likely N-dealkylation sites (N-methyl/N-ethyl adjacent to an activating group) is 1. The first kappa shape index (κ1) is 28.7. The molecule has 0 saturated carbocycles. The quantitative estimate of drug-likeness (QED) is 0.194. The van der Waals surface area contributed by atoms with E-state index in [1.54, 1.807) is 43.5 Å². The molecule has 1 heterocycles. The highest BCUT2D eigenvalue weighted by Crippen LogP contribution is 2.42. The Kier molecular flexibility index (Phi) is 9.45. The van der Waals surface area contributed by atoms with Crippen LogP contribution in [0.4, 0.5) is 0 Å². The molecular formula is C32H36N2O6. The van der Waals surface area contributed by atoms with Crippen LogP contribution in [0.5, 0.6) is 17.2 Å². The second-order valence-electron chi connectivity index (χ2n) is 9.44. The standard InChI is InChI=1S/C32H36N2O6/c1-5-33(6-2)17-18-34-29(28(31(36)32(34)37)30(35)24-13-10-14-25(19-24)38-3)23-15-16-26(27(20-23)39-4)40-21-22-11-8-7-9-12-22/h7-16,19-20,29,35H,5-6,17-18,21H2,1-4H3/b30-28+. The monoisotopic (exact) mass is 544 g/mol. The van der Waals surface area contributed by atoms with Gasteiger partial charge in [-0.1, -0.05) is 62.4 Å². The van der Waals surface area contributed by atoms with Gasteiger partial charge in [0.2, 0.25) is 0 Å². The van der Waals surface area contributed by atoms with E-state index in [1.165, 1.54) is 12.0 Å². The highest BCUT2D eigenvalue weighted by molar-refractivity contribution is 6.46. The number of hydrogen-bond acceptors (Lipinski definition) is 7. The number of hydrogen-bond donors (Lipinski definition) is 1. The Morgan fingerprint density at radius 1 is 0.900 bits per heavy atom. The van der Waals surface area contributed by atoms with E-state index in [9.17, 15) is 14.7 Å². The first-order valence-corrected chi connectivity index (χ1v) is 13.4. The van der Waals surface area contributed by atoms with Crippen LogP contribution in [0.3, 0.4) is 0 Å². The zero-order valence-electron chi connectivity index (χ0n) is 23.4. The van der Waals surface area contributed by atoms with Crippen LogP contribution in [0.25, 0.3) is 5.76 Å². The maximum Gasteiger partial charge on any atom is 0.295 e. The average Bonchev–Trinajstić information content (AvgIpc) is 3.25. The van der Waals surface area contributed by atoms with Gasteiger partial charge in [0, 0.05) is 18.7 Å². The molecule has 0 spiro atoms. The van der Waals surface area contributed by atoms with E-state index in [0.29, 0.717) is 48.1 Å². The summed E-state index contributed by atoms with van der Waals surface area (Å²) in [5, 5.41) is 11.4. The SMILES string of the molecule is CCN(CC)CCN1C(=O)C(=O)/C(=C(/O)c2cccc(OC)c2)C1c1ccc(OCc2ccccc2)c(OC)c1. The average molecular weight is 545 g/mol. The Morgan fingerprint density at radius 2 is 1.65 bits per heavy atom. The number of nitrogens with zero attached hydrogens (tertiary/aromatic N) is 2. The van der Waals surface area contributed by atoms with Gasteiger partial charge < -0.3 is 29.1 Å². The maximum atomic E-state index is 13.4. The van der Waals surface area contributed by atoms with E-state index in [2.05, 4.69) is 18.7 Å². The fourth-order valence-electron chi connectivity index (χ4n) is 4.88. The lowest BCUT2D eigenvalue weighted by Crippen LogP contribution is -2.38. The Bertz CT molecular complexity index is 1370. The van der Waals surface area contributed by atoms with E-state index in [0.717, 1.165) is 18.7 Å². The molecule has 4 rings (SSSR count). The number of ketones is 1. The number of aliphatic hydroxyl groups is 1. The molecule has 8 nitrogen and oxygen atoms in total. The number of aliphatic hydroxyl groups excluding tert-OH is 1. The minimum atomic E-state index is -0.807. The number of carbonyl (C=O) groups excluding carboxylic acids is 2. The van der Waals surface area contributed by atoms with Gasteiger partial charge in [0.1, 0.15) is 18.1 Å². The van der Waals surface area contributed by atoms with Crippen molar-refractivity contribution < 1.29 is 28.9 Å². The molecule has 1 aliphatic rings. The highest BCUT2D eigenvalue weighted by atomic mass is 16.5. The lowest BCUT2D eigenvalue weighted by Gasteiger charge is -2.28. The van der Waals surface area contributed by atoms with Crippen molar-refractivity contribution in [2.45, 2.75) is 26.5 Å². The number of methoxy groups -OCH3 is 2. The van der Waals surface area contributed by atoms with Crippen LogP contribution in [-0.4, -0.2) is 67.0 Å². The van der Waals surface area contributed by atoms with Gasteiger partial charge in [-0.05, 0) is 48.5 Å². The Morgan fingerprint density at radius 3 is 2.33 bits per heavy atom. The Hall–Kier alpha value is -4.30. The molecule has 1 atom stereocenters. The molecule has 8 heteroatoms. The van der Waals surface area contributed by atoms with Gasteiger partial charge in [0.15, 0.2) is 11.5 Å². The number of amides is 1. The molecule has 0 aliphatic carbocycles. The van der Waals surface area contributed by atoms with Crippen LogP contribution in [0.15, 0.2) is 78.4 Å². The number of benzene rings is 3. The van der Waals surface area contributed by atoms with Crippen LogP contribution in [0, 0.1) is 0 Å². The number of Topliss-reactive ketones (excluding diaryl/α,β-unsaturated/α-hetero) is 1. The summed E-state index contributed by atoms with van der Waals surface area (Å²) in [6.45, 7) is 7.00. The molecule has 1 N–H and O–H groups in total. The van der Waals surface area contributed by atoms with Crippen molar-refractivity contribution in [1.82, 2.24) is 9.80 Å². The fourth-order valence-corrected chi connectivity index (χ4v) is 4.88. The predicted molar refractivity (Wildman–Crippen MR) is 154 cm³/mol. The fraction of sp³-hybridized carbons (Fsp3) is 0.312. The van der Waals surface area contributed by atoms with Crippen LogP contribution in [-0.2, 0) is 16.2 Å². The zero-order valence-corrected chi connectivity index (χ0v) is 23.4. The summed E-state index contributed by atoms with van der Waals surface area (Å²) in [5.41, 5.74) is 2.06. The molecule has 3 aromatic carbocycles. The van der Waals surface area contributed by atoms with Gasteiger partial charge >= 0.3 is 0 Å². The van der Waals surface area contributed by atoms with Gasteiger partial charge in [-0.15, -0.1) is 0 Å². The smallest absolute Gasteiger partial charge is 0.295 e. The van der Waals surface area contributed by atoms with Gasteiger partial charge in [-0.2, -0.15) is 0 Å². The van der Waals surface area contributed by atoms with Crippen molar-refractivity contribution in [3.05, 3.63) is 95.1 Å². The predicted octanol–water partition coefficient (Wildman–Crippen LogP) is 5.05. The van der Waals surface area contributed by atoms with Crippen LogP contribution in [0.2, 0.25) is 0 Å². The van der Waals surface area contributed by atoms with Gasteiger partial charge in [-0.25, -0.2) is 0 Å². The van der Waals surface area contributed by atoms with Crippen molar-refractivity contribution in [1.29, 1.82) is 0 Å². The van der Waals surface area contributed by atoms with Gasteiger partial charge in [0.05, 0.1) is 25.8 Å². The maximum absolute atomic E-state index is 13.4. The first-order valence-electron chi connectivity index (χ1n) is 13.4. The third kappa shape index (κ3) is 6.13. The van der Waals surface area contributed by atoms with Gasteiger partial charge in [0.25, 0.3) is 11.7 Å². The second-order valence-corrected chi connectivity index (χ2v) is 9.44. The summed E-state index contributed by atoms with van der Waals surface area (Å²) in [6, 6.07) is 21.1. The van der Waals surface area contributed by atoms with E-state index in [1.807, 2.05) is 36.4 Å². The lowest BCUT2D eigenvalue weighted by molar-refractivity contribution is -0.140. The number of carbonyl (C=O) groups is 2. The number of likely N-dealkylation sites (tertiary alicyclic amines) is 1. The van der Waals surface area contributed by atoms with Crippen molar-refractivity contribution >= 4 is 17.4 Å². The normalized spacial score (nSPS) is 16.4. The third-order valence-electron chi connectivity index (χ3n) is 7.18. The summed E-state index contributed by atoms with van der Waals surface area (Å²) in [7, 11) is 3.07. The van der Waals surface area contributed by atoms with Crippen LogP contribution in [0.1, 0.15) is 36.6 Å². The molecule has 40 heavy (non-hydrogen) atoms. The Balaban J connectivity index is 1.76. The summed E-state index contributed by atoms with van der Waals surface area (Å²) < 4.78 is 17.0. The number of rotatable bonds is 12. The lowest BCUT2D eigenvalue weighted by atomic mass is 9.95. The number of ether oxygens (including phenoxy) is 3. The molecule has 0 bridgehead atoms. The second kappa shape index (κ2) is 13.2. The van der Waals surface area contributed by atoms with E-state index in [4.69, 9.17) is 14.2 Å². The topological polar surface area (TPSA) is 88.5 Å². The Labute approximate surface area is 235 Å². The summed E-state index contributed by atoms with van der Waals surface area (Å²) >= 11 is 0. The zero-order chi connectivity index (χ0) is 28.6. The van der Waals surface area contributed by atoms with E-state index < -0.39 is 17.7 Å². The van der Waals surface area contributed by atoms with Crippen molar-refractivity contribution in [3.63, 3.8) is 0 Å². The minimum absolute atomic E-state index is 0.0257. The molecule has 0 radical (unpaired) electrons. The first-order chi connectivity index (χ1) is 19.4. The van der Waals surface area contributed by atoms with Crippen LogP contribution >= 0.6 is 0 Å². The van der Waals surface area contributed by atoms with Crippen molar-refractivity contribution in [2.24, 2.45) is 0 Å². The molecule has 1 unspecified atom stereocenters. The minimum Gasteiger partial charge on any atom is -0.507 e. The highest BCUT2D eigenvalue weighted by Gasteiger charge is 2.46. The molecule has 1 amide bonds. The molecule has 0 aromatic heterocycles. The molecule has 3 aromatic rings. The third-order valence-corrected chi connectivity index (χ3v) is 7.18. The molecule has 1 fully saturated rings. The summed E-state index contributed by atoms with van der Waals surface area (Å²) in [4.78, 5) is 30.5. The van der Waals surface area contributed by atoms with Gasteiger partial charge in [-0.3, -0.25) is 9.59 Å². The van der Waals surface area contributed by atoms with Crippen molar-refractivity contribution in [3.8, 4) is 17.2 Å². The molecular weight excluding hydrogens is 508 g/mol. The molecule has 1 aliphatic heterocycles. The summed E-state index contributed by atoms with van der Waals surface area (Å²) in [5.74, 6) is -0.112. The van der Waals surface area contributed by atoms with E-state index in [-0.39, 0.29) is 11.3 Å². The largest absolute Gasteiger partial charge is 0.507 e. The van der Waals surface area contributed by atoms with E-state index >= 15 is 0 Å². The molecule has 210 valence electrons. The molecule has 1 saturated heterocycles. The van der Waals surface area contributed by atoms with Crippen LogP contribution < -0.4 is 14.2 Å². The summed E-state index contributed by atoms with van der Waals surface area (Å²) in [6.07, 6.45) is 0. The van der Waals surface area contributed by atoms with Crippen molar-refractivity contribution in [2.75, 3.05) is 40.4 Å².